The molecule has 0 radical (unpaired) electrons. The fourth-order valence-electron chi connectivity index (χ4n) is 2.05. The van der Waals surface area contributed by atoms with Crippen LogP contribution < -0.4 is 0 Å². The fourth-order valence-corrected chi connectivity index (χ4v) is 2.05. The zero-order valence-corrected chi connectivity index (χ0v) is 8.87. The van der Waals surface area contributed by atoms with E-state index >= 15 is 0 Å². The molecule has 0 unspecified atom stereocenters. The molecule has 1 aromatic heterocycles. The lowest BCUT2D eigenvalue weighted by Gasteiger charge is -2.26. The van der Waals surface area contributed by atoms with Crippen molar-refractivity contribution >= 4 is 5.91 Å². The molecule has 4 heteroatoms. The largest absolute Gasteiger partial charge is 0.338 e. The van der Waals surface area contributed by atoms with Crippen LogP contribution in [0.1, 0.15) is 23.9 Å². The molecule has 0 saturated heterocycles. The normalized spacial score (nSPS) is 15.5. The topological polar surface area (TPSA) is 38.1 Å². The minimum Gasteiger partial charge on any atom is -0.338 e. The lowest BCUT2D eigenvalue weighted by Crippen LogP contribution is -2.34. The summed E-state index contributed by atoms with van der Waals surface area (Å²) in [7, 11) is 1.97. The third kappa shape index (κ3) is 1.31. The average Bonchev–Trinajstić information content (AvgIpc) is 2.42. The van der Waals surface area contributed by atoms with Gasteiger partial charge >= 0.3 is 0 Å². The molecule has 1 aliphatic heterocycles. The molecule has 0 saturated carbocycles. The van der Waals surface area contributed by atoms with Crippen molar-refractivity contribution < 1.29 is 4.79 Å². The van der Waals surface area contributed by atoms with Crippen LogP contribution in [0.4, 0.5) is 0 Å². The molecule has 0 bridgehead atoms. The molecule has 4 nitrogen and oxygen atoms in total. The maximum Gasteiger partial charge on any atom is 0.219 e. The van der Waals surface area contributed by atoms with E-state index in [0.29, 0.717) is 0 Å². The standard InChI is InChI=1S/C10H15N3O/c1-7-9-6-13(8(2)14)5-4-10(9)12(3)11-7/h4-6H2,1-3H3. The predicted octanol–water partition coefficient (Wildman–Crippen LogP) is 0.633. The summed E-state index contributed by atoms with van der Waals surface area (Å²) in [5.74, 6) is 0.152. The second-order valence-electron chi connectivity index (χ2n) is 3.82. The average molecular weight is 193 g/mol. The number of carbonyl (C=O) groups excluding carboxylic acids is 1. The van der Waals surface area contributed by atoms with E-state index < -0.39 is 0 Å². The van der Waals surface area contributed by atoms with E-state index in [1.807, 2.05) is 23.6 Å². The van der Waals surface area contributed by atoms with E-state index in [0.717, 1.165) is 25.2 Å². The van der Waals surface area contributed by atoms with Crippen molar-refractivity contribution in [3.8, 4) is 0 Å². The van der Waals surface area contributed by atoms with Gasteiger partial charge in [0.2, 0.25) is 5.91 Å². The van der Waals surface area contributed by atoms with Gasteiger partial charge in [-0.25, -0.2) is 0 Å². The Balaban J connectivity index is 2.34. The Hall–Kier alpha value is -1.32. The minimum atomic E-state index is 0.152. The first-order valence-corrected chi connectivity index (χ1v) is 4.86. The Morgan fingerprint density at radius 1 is 1.50 bits per heavy atom. The van der Waals surface area contributed by atoms with Crippen molar-refractivity contribution in [2.75, 3.05) is 6.54 Å². The number of hydrogen-bond donors (Lipinski definition) is 0. The highest BCUT2D eigenvalue weighted by molar-refractivity contribution is 5.73. The van der Waals surface area contributed by atoms with Gasteiger partial charge in [0.05, 0.1) is 5.69 Å². The highest BCUT2D eigenvalue weighted by Crippen LogP contribution is 2.21. The van der Waals surface area contributed by atoms with Gasteiger partial charge in [0.1, 0.15) is 0 Å². The fraction of sp³-hybridized carbons (Fsp3) is 0.600. The Labute approximate surface area is 83.5 Å². The molecule has 76 valence electrons. The zero-order valence-electron chi connectivity index (χ0n) is 8.87. The quantitative estimate of drug-likeness (QED) is 0.606. The Kier molecular flexibility index (Phi) is 2.06. The van der Waals surface area contributed by atoms with E-state index in [-0.39, 0.29) is 5.91 Å². The van der Waals surface area contributed by atoms with Crippen LogP contribution in [0.25, 0.3) is 0 Å². The number of aryl methyl sites for hydroxylation is 2. The number of rotatable bonds is 0. The maximum absolute atomic E-state index is 11.2. The summed E-state index contributed by atoms with van der Waals surface area (Å²) >= 11 is 0. The molecule has 1 amide bonds. The van der Waals surface area contributed by atoms with Crippen molar-refractivity contribution in [2.24, 2.45) is 7.05 Å². The van der Waals surface area contributed by atoms with Crippen LogP contribution in [0.2, 0.25) is 0 Å². The van der Waals surface area contributed by atoms with Crippen molar-refractivity contribution in [3.05, 3.63) is 17.0 Å². The molecule has 1 aromatic rings. The Bertz CT molecular complexity index is 381. The van der Waals surface area contributed by atoms with Crippen molar-refractivity contribution in [1.82, 2.24) is 14.7 Å². The third-order valence-electron chi connectivity index (χ3n) is 2.89. The van der Waals surface area contributed by atoms with E-state index in [9.17, 15) is 4.79 Å². The summed E-state index contributed by atoms with van der Waals surface area (Å²) < 4.78 is 1.93. The van der Waals surface area contributed by atoms with Gasteiger partial charge in [-0.15, -0.1) is 0 Å². The number of fused-ring (bicyclic) bond motifs is 1. The van der Waals surface area contributed by atoms with Crippen LogP contribution in [-0.2, 0) is 24.8 Å². The number of nitrogens with zero attached hydrogens (tertiary/aromatic N) is 3. The molecule has 14 heavy (non-hydrogen) atoms. The van der Waals surface area contributed by atoms with Gasteiger partial charge in [-0.1, -0.05) is 0 Å². The molecule has 0 spiro atoms. The van der Waals surface area contributed by atoms with Crippen molar-refractivity contribution in [1.29, 1.82) is 0 Å². The summed E-state index contributed by atoms with van der Waals surface area (Å²) in [6.07, 6.45) is 0.923. The number of carbonyl (C=O) groups is 1. The van der Waals surface area contributed by atoms with E-state index in [2.05, 4.69) is 5.10 Å². The first kappa shape index (κ1) is 9.24. The van der Waals surface area contributed by atoms with E-state index in [1.54, 1.807) is 6.92 Å². The van der Waals surface area contributed by atoms with Crippen LogP contribution in [0.5, 0.6) is 0 Å². The van der Waals surface area contributed by atoms with Crippen LogP contribution >= 0.6 is 0 Å². The molecular formula is C10H15N3O. The second-order valence-corrected chi connectivity index (χ2v) is 3.82. The molecule has 2 rings (SSSR count). The zero-order chi connectivity index (χ0) is 10.3. The van der Waals surface area contributed by atoms with Gasteiger partial charge in [0.25, 0.3) is 0 Å². The number of aromatic nitrogens is 2. The lowest BCUT2D eigenvalue weighted by atomic mass is 10.1. The van der Waals surface area contributed by atoms with E-state index in [1.165, 1.54) is 11.3 Å². The lowest BCUT2D eigenvalue weighted by molar-refractivity contribution is -0.129. The third-order valence-corrected chi connectivity index (χ3v) is 2.89. The molecule has 1 aliphatic rings. The highest BCUT2D eigenvalue weighted by atomic mass is 16.2. The molecule has 0 aliphatic carbocycles. The van der Waals surface area contributed by atoms with Crippen molar-refractivity contribution in [3.63, 3.8) is 0 Å². The maximum atomic E-state index is 11.2. The number of amides is 1. The van der Waals surface area contributed by atoms with Crippen LogP contribution in [-0.4, -0.2) is 27.1 Å². The van der Waals surface area contributed by atoms with E-state index in [4.69, 9.17) is 0 Å². The highest BCUT2D eigenvalue weighted by Gasteiger charge is 2.22. The summed E-state index contributed by atoms with van der Waals surface area (Å²) in [6.45, 7) is 5.17. The summed E-state index contributed by atoms with van der Waals surface area (Å²) in [4.78, 5) is 13.1. The first-order valence-electron chi connectivity index (χ1n) is 4.86. The summed E-state index contributed by atoms with van der Waals surface area (Å²) in [5, 5.41) is 4.37. The molecule has 0 atom stereocenters. The van der Waals surface area contributed by atoms with Crippen LogP contribution in [0, 0.1) is 6.92 Å². The van der Waals surface area contributed by atoms with Gasteiger partial charge in [0, 0.05) is 44.7 Å². The van der Waals surface area contributed by atoms with Gasteiger partial charge in [-0.2, -0.15) is 5.10 Å². The van der Waals surface area contributed by atoms with Gasteiger partial charge in [-0.3, -0.25) is 9.48 Å². The monoisotopic (exact) mass is 193 g/mol. The molecule has 0 fully saturated rings. The number of hydrogen-bond acceptors (Lipinski definition) is 2. The smallest absolute Gasteiger partial charge is 0.219 e. The van der Waals surface area contributed by atoms with Crippen LogP contribution in [0.15, 0.2) is 0 Å². The van der Waals surface area contributed by atoms with Gasteiger partial charge in [0.15, 0.2) is 0 Å². The summed E-state index contributed by atoms with van der Waals surface area (Å²) in [5.41, 5.74) is 3.56. The first-order chi connectivity index (χ1) is 6.59. The Morgan fingerprint density at radius 3 is 2.86 bits per heavy atom. The molecule has 0 N–H and O–H groups in total. The SMILES string of the molecule is CC(=O)N1CCc2c(c(C)nn2C)C1. The molecule has 2 heterocycles. The van der Waals surface area contributed by atoms with Crippen molar-refractivity contribution in [2.45, 2.75) is 26.8 Å². The Morgan fingerprint density at radius 2 is 2.21 bits per heavy atom. The molecule has 0 aromatic carbocycles. The van der Waals surface area contributed by atoms with Gasteiger partial charge < -0.3 is 4.90 Å². The predicted molar refractivity (Wildman–Crippen MR) is 52.7 cm³/mol. The second kappa shape index (κ2) is 3.12. The molecular weight excluding hydrogens is 178 g/mol. The minimum absolute atomic E-state index is 0.152. The van der Waals surface area contributed by atoms with Gasteiger partial charge in [-0.05, 0) is 6.92 Å². The van der Waals surface area contributed by atoms with Crippen LogP contribution in [0.3, 0.4) is 0 Å². The summed E-state index contributed by atoms with van der Waals surface area (Å²) in [6, 6.07) is 0.